The Balaban J connectivity index is 2.33. The van der Waals surface area contributed by atoms with Crippen molar-refractivity contribution in [2.24, 2.45) is 11.7 Å². The Morgan fingerprint density at radius 3 is 2.44 bits per heavy atom. The van der Waals surface area contributed by atoms with Gasteiger partial charge in [-0.15, -0.1) is 0 Å². The Bertz CT molecular complexity index is 299. The van der Waals surface area contributed by atoms with E-state index in [2.05, 4.69) is 5.32 Å². The number of rotatable bonds is 7. The standard InChI is InChI=1S/C10H16N2O4/c11-8(13)4-3-7(10(15)16)12-9(14)5-6-1-2-6/h6-7H,1-5H2,(H2,11,13)(H,12,14)(H,15,16). The second-order valence-electron chi connectivity index (χ2n) is 4.11. The van der Waals surface area contributed by atoms with E-state index in [9.17, 15) is 14.4 Å². The summed E-state index contributed by atoms with van der Waals surface area (Å²) in [6.07, 6.45) is 2.45. The number of nitrogens with one attached hydrogen (secondary N) is 1. The lowest BCUT2D eigenvalue weighted by Gasteiger charge is -2.13. The molecule has 0 aromatic rings. The highest BCUT2D eigenvalue weighted by atomic mass is 16.4. The summed E-state index contributed by atoms with van der Waals surface area (Å²) in [5, 5.41) is 11.2. The van der Waals surface area contributed by atoms with Crippen LogP contribution >= 0.6 is 0 Å². The van der Waals surface area contributed by atoms with Crippen molar-refractivity contribution in [3.05, 3.63) is 0 Å². The monoisotopic (exact) mass is 228 g/mol. The average molecular weight is 228 g/mol. The molecule has 1 unspecified atom stereocenters. The Morgan fingerprint density at radius 1 is 1.38 bits per heavy atom. The van der Waals surface area contributed by atoms with E-state index < -0.39 is 17.9 Å². The minimum Gasteiger partial charge on any atom is -0.480 e. The van der Waals surface area contributed by atoms with Crippen LogP contribution in [0.1, 0.15) is 32.1 Å². The quantitative estimate of drug-likeness (QED) is 0.551. The van der Waals surface area contributed by atoms with Gasteiger partial charge in [0, 0.05) is 12.8 Å². The van der Waals surface area contributed by atoms with Gasteiger partial charge in [0.05, 0.1) is 0 Å². The maximum Gasteiger partial charge on any atom is 0.326 e. The molecule has 0 bridgehead atoms. The minimum absolute atomic E-state index is 0.0410. The van der Waals surface area contributed by atoms with Crippen molar-refractivity contribution < 1.29 is 19.5 Å². The zero-order valence-corrected chi connectivity index (χ0v) is 8.94. The summed E-state index contributed by atoms with van der Waals surface area (Å²) in [5.74, 6) is -1.56. The van der Waals surface area contributed by atoms with E-state index in [0.717, 1.165) is 12.8 Å². The molecule has 6 nitrogen and oxygen atoms in total. The molecule has 1 saturated carbocycles. The van der Waals surface area contributed by atoms with Gasteiger partial charge in [0.1, 0.15) is 6.04 Å². The van der Waals surface area contributed by atoms with Gasteiger partial charge in [-0.25, -0.2) is 4.79 Å². The summed E-state index contributed by atoms with van der Waals surface area (Å²) in [5.41, 5.74) is 4.92. The number of nitrogens with two attached hydrogens (primary N) is 1. The third kappa shape index (κ3) is 4.77. The van der Waals surface area contributed by atoms with Crippen molar-refractivity contribution >= 4 is 17.8 Å². The van der Waals surface area contributed by atoms with Crippen LogP contribution in [-0.2, 0) is 14.4 Å². The van der Waals surface area contributed by atoms with Gasteiger partial charge >= 0.3 is 5.97 Å². The molecular formula is C10H16N2O4. The maximum atomic E-state index is 11.4. The zero-order chi connectivity index (χ0) is 12.1. The average Bonchev–Trinajstić information content (AvgIpc) is 2.95. The molecule has 16 heavy (non-hydrogen) atoms. The first-order chi connectivity index (χ1) is 7.49. The van der Waals surface area contributed by atoms with Gasteiger partial charge < -0.3 is 16.2 Å². The summed E-state index contributed by atoms with van der Waals surface area (Å²) < 4.78 is 0. The molecule has 2 amide bonds. The van der Waals surface area contributed by atoms with Crippen LogP contribution in [0.5, 0.6) is 0 Å². The Morgan fingerprint density at radius 2 is 2.00 bits per heavy atom. The molecule has 0 heterocycles. The van der Waals surface area contributed by atoms with Gasteiger partial charge in [-0.2, -0.15) is 0 Å². The van der Waals surface area contributed by atoms with Crippen molar-refractivity contribution in [2.45, 2.75) is 38.1 Å². The van der Waals surface area contributed by atoms with E-state index >= 15 is 0 Å². The molecule has 0 spiro atoms. The highest BCUT2D eigenvalue weighted by molar-refractivity contribution is 5.84. The van der Waals surface area contributed by atoms with Crippen LogP contribution < -0.4 is 11.1 Å². The number of hydrogen-bond acceptors (Lipinski definition) is 3. The van der Waals surface area contributed by atoms with Crippen LogP contribution in [0.2, 0.25) is 0 Å². The SMILES string of the molecule is NC(=O)CCC(NC(=O)CC1CC1)C(=O)O. The lowest BCUT2D eigenvalue weighted by Crippen LogP contribution is -2.41. The molecule has 90 valence electrons. The van der Waals surface area contributed by atoms with Crippen LogP contribution in [0.3, 0.4) is 0 Å². The second-order valence-corrected chi connectivity index (χ2v) is 4.11. The number of carbonyl (C=O) groups excluding carboxylic acids is 2. The van der Waals surface area contributed by atoms with Crippen molar-refractivity contribution in [3.63, 3.8) is 0 Å². The first-order valence-electron chi connectivity index (χ1n) is 5.29. The molecule has 4 N–H and O–H groups in total. The molecule has 1 atom stereocenters. The molecule has 1 aliphatic rings. The number of primary amides is 1. The Hall–Kier alpha value is -1.59. The smallest absolute Gasteiger partial charge is 0.326 e. The van der Waals surface area contributed by atoms with E-state index in [-0.39, 0.29) is 18.7 Å². The number of hydrogen-bond donors (Lipinski definition) is 3. The molecule has 1 fully saturated rings. The molecular weight excluding hydrogens is 212 g/mol. The fourth-order valence-corrected chi connectivity index (χ4v) is 1.38. The van der Waals surface area contributed by atoms with E-state index in [1.54, 1.807) is 0 Å². The Labute approximate surface area is 93.2 Å². The normalized spacial score (nSPS) is 16.5. The first kappa shape index (κ1) is 12.5. The van der Waals surface area contributed by atoms with Gasteiger partial charge in [-0.1, -0.05) is 0 Å². The summed E-state index contributed by atoms with van der Waals surface area (Å²) >= 11 is 0. The van der Waals surface area contributed by atoms with E-state index in [4.69, 9.17) is 10.8 Å². The van der Waals surface area contributed by atoms with Crippen LogP contribution in [0.15, 0.2) is 0 Å². The van der Waals surface area contributed by atoms with Crippen LogP contribution in [0, 0.1) is 5.92 Å². The lowest BCUT2D eigenvalue weighted by molar-refractivity contribution is -0.142. The van der Waals surface area contributed by atoms with Crippen molar-refractivity contribution in [1.29, 1.82) is 0 Å². The van der Waals surface area contributed by atoms with Crippen molar-refractivity contribution in [1.82, 2.24) is 5.32 Å². The largest absolute Gasteiger partial charge is 0.480 e. The molecule has 0 aromatic heterocycles. The molecule has 6 heteroatoms. The Kier molecular flexibility index (Phi) is 4.28. The van der Waals surface area contributed by atoms with E-state index in [1.165, 1.54) is 0 Å². The van der Waals surface area contributed by atoms with Crippen molar-refractivity contribution in [3.8, 4) is 0 Å². The number of carboxylic acid groups (broad SMARTS) is 1. The fraction of sp³-hybridized carbons (Fsp3) is 0.700. The van der Waals surface area contributed by atoms with Gasteiger partial charge in [0.15, 0.2) is 0 Å². The highest BCUT2D eigenvalue weighted by Gasteiger charge is 2.27. The summed E-state index contributed by atoms with van der Waals surface area (Å²) in [4.78, 5) is 32.7. The second kappa shape index (κ2) is 5.48. The van der Waals surface area contributed by atoms with E-state index in [0.29, 0.717) is 12.3 Å². The maximum absolute atomic E-state index is 11.4. The minimum atomic E-state index is -1.13. The molecule has 0 radical (unpaired) electrons. The van der Waals surface area contributed by atoms with Gasteiger partial charge in [-0.3, -0.25) is 9.59 Å². The van der Waals surface area contributed by atoms with Gasteiger partial charge in [0.2, 0.25) is 11.8 Å². The lowest BCUT2D eigenvalue weighted by atomic mass is 10.1. The van der Waals surface area contributed by atoms with E-state index in [1.807, 2.05) is 0 Å². The highest BCUT2D eigenvalue weighted by Crippen LogP contribution is 2.32. The number of carbonyl (C=O) groups is 3. The first-order valence-corrected chi connectivity index (χ1v) is 5.29. The summed E-state index contributed by atoms with van der Waals surface area (Å²) in [6.45, 7) is 0. The van der Waals surface area contributed by atoms with Crippen LogP contribution in [0.25, 0.3) is 0 Å². The molecule has 1 rings (SSSR count). The topological polar surface area (TPSA) is 109 Å². The summed E-state index contributed by atoms with van der Waals surface area (Å²) in [6, 6.07) is -1.02. The van der Waals surface area contributed by atoms with Crippen molar-refractivity contribution in [2.75, 3.05) is 0 Å². The molecule has 0 saturated heterocycles. The number of carboxylic acids is 1. The van der Waals surface area contributed by atoms with Crippen LogP contribution in [-0.4, -0.2) is 28.9 Å². The molecule has 0 aliphatic heterocycles. The number of aliphatic carboxylic acids is 1. The fourth-order valence-electron chi connectivity index (χ4n) is 1.38. The number of amides is 2. The predicted molar refractivity (Wildman–Crippen MR) is 55.3 cm³/mol. The summed E-state index contributed by atoms with van der Waals surface area (Å²) in [7, 11) is 0. The van der Waals surface area contributed by atoms with Gasteiger partial charge in [-0.05, 0) is 25.2 Å². The zero-order valence-electron chi connectivity index (χ0n) is 8.94. The third-order valence-electron chi connectivity index (χ3n) is 2.48. The van der Waals surface area contributed by atoms with Crippen LogP contribution in [0.4, 0.5) is 0 Å². The van der Waals surface area contributed by atoms with Gasteiger partial charge in [0.25, 0.3) is 0 Å². The third-order valence-corrected chi connectivity index (χ3v) is 2.48. The molecule has 1 aliphatic carbocycles. The predicted octanol–water partition coefficient (Wildman–Crippen LogP) is -0.379. The molecule has 0 aromatic carbocycles.